The number of carbonyl (C=O) groups is 2. The van der Waals surface area contributed by atoms with Gasteiger partial charge in [0.15, 0.2) is 0 Å². The van der Waals surface area contributed by atoms with Gasteiger partial charge in [0.05, 0.1) is 0 Å². The third kappa shape index (κ3) is 4.04. The lowest BCUT2D eigenvalue weighted by Gasteiger charge is -2.03. The van der Waals surface area contributed by atoms with Crippen molar-refractivity contribution in [3.8, 4) is 0 Å². The summed E-state index contributed by atoms with van der Waals surface area (Å²) in [5.41, 5.74) is 4.80. The molecule has 0 aromatic carbocycles. The van der Waals surface area contributed by atoms with E-state index >= 15 is 0 Å². The number of thiophene rings is 1. The zero-order valence-electron chi connectivity index (χ0n) is 9.87. The summed E-state index contributed by atoms with van der Waals surface area (Å²) in [5, 5.41) is 1.92. The Morgan fingerprint density at radius 1 is 1.16 bits per heavy atom. The molecule has 0 bridgehead atoms. The molecule has 0 saturated carbocycles. The first-order valence-corrected chi connectivity index (χ1v) is 6.36. The van der Waals surface area contributed by atoms with Gasteiger partial charge in [-0.15, -0.1) is 11.3 Å². The fourth-order valence-corrected chi connectivity index (χ4v) is 1.88. The predicted octanol–water partition coefficient (Wildman–Crippen LogP) is 1.62. The quantitative estimate of drug-likeness (QED) is 0.659. The van der Waals surface area contributed by atoms with Gasteiger partial charge in [-0.1, -0.05) is 12.1 Å². The summed E-state index contributed by atoms with van der Waals surface area (Å²) in [5.74, 6) is -0.865. The third-order valence-electron chi connectivity index (χ3n) is 2.14. The molecule has 2 aromatic heterocycles. The molecular weight excluding hydrogens is 262 g/mol. The molecule has 0 aliphatic heterocycles. The van der Waals surface area contributed by atoms with E-state index in [0.29, 0.717) is 0 Å². The molecule has 0 unspecified atom stereocenters. The number of amides is 2. The molecule has 0 fully saturated rings. The summed E-state index contributed by atoms with van der Waals surface area (Å²) in [4.78, 5) is 27.8. The van der Waals surface area contributed by atoms with Gasteiger partial charge in [0.2, 0.25) is 0 Å². The molecule has 0 atom stereocenters. The second kappa shape index (κ2) is 6.46. The van der Waals surface area contributed by atoms with E-state index in [1.54, 1.807) is 24.3 Å². The van der Waals surface area contributed by atoms with Crippen molar-refractivity contribution in [2.45, 2.75) is 0 Å². The maximum Gasteiger partial charge on any atom is 0.288 e. The normalized spacial score (nSPS) is 10.3. The molecule has 2 heterocycles. The molecule has 6 heteroatoms. The van der Waals surface area contributed by atoms with Gasteiger partial charge in [-0.3, -0.25) is 25.4 Å². The highest BCUT2D eigenvalue weighted by Gasteiger charge is 2.05. The van der Waals surface area contributed by atoms with Crippen molar-refractivity contribution in [1.29, 1.82) is 0 Å². The number of carbonyl (C=O) groups excluding carboxylic acids is 2. The Labute approximate surface area is 114 Å². The smallest absolute Gasteiger partial charge is 0.268 e. The second-order valence-corrected chi connectivity index (χ2v) is 4.49. The summed E-state index contributed by atoms with van der Waals surface area (Å²) in [6.45, 7) is 0. The predicted molar refractivity (Wildman–Crippen MR) is 73.2 cm³/mol. The van der Waals surface area contributed by atoms with E-state index in [-0.39, 0.29) is 5.69 Å². The SMILES string of the molecule is O=C(/C=C/c1cccs1)NNC(=O)c1ccccn1. The molecule has 19 heavy (non-hydrogen) atoms. The monoisotopic (exact) mass is 273 g/mol. The van der Waals surface area contributed by atoms with Crippen molar-refractivity contribution in [3.63, 3.8) is 0 Å². The van der Waals surface area contributed by atoms with Gasteiger partial charge in [0, 0.05) is 17.2 Å². The Bertz CT molecular complexity index is 579. The average molecular weight is 273 g/mol. The lowest BCUT2D eigenvalue weighted by Crippen LogP contribution is -2.41. The first-order chi connectivity index (χ1) is 9.25. The number of aromatic nitrogens is 1. The van der Waals surface area contributed by atoms with Crippen molar-refractivity contribution < 1.29 is 9.59 Å². The number of nitrogens with one attached hydrogen (secondary N) is 2. The fraction of sp³-hybridized carbons (Fsp3) is 0. The number of hydrogen-bond acceptors (Lipinski definition) is 4. The highest BCUT2D eigenvalue weighted by atomic mass is 32.1. The van der Waals surface area contributed by atoms with Crippen molar-refractivity contribution in [2.75, 3.05) is 0 Å². The van der Waals surface area contributed by atoms with Crippen LogP contribution in [0.15, 0.2) is 48.0 Å². The van der Waals surface area contributed by atoms with E-state index in [0.717, 1.165) is 4.88 Å². The van der Waals surface area contributed by atoms with Crippen molar-refractivity contribution in [2.24, 2.45) is 0 Å². The van der Waals surface area contributed by atoms with Gasteiger partial charge in [-0.25, -0.2) is 0 Å². The Morgan fingerprint density at radius 3 is 2.74 bits per heavy atom. The number of rotatable bonds is 3. The largest absolute Gasteiger partial charge is 0.288 e. The van der Waals surface area contributed by atoms with Crippen molar-refractivity contribution in [3.05, 3.63) is 58.6 Å². The van der Waals surface area contributed by atoms with Crippen LogP contribution in [0.2, 0.25) is 0 Å². The van der Waals surface area contributed by atoms with Gasteiger partial charge < -0.3 is 0 Å². The average Bonchev–Trinajstić information content (AvgIpc) is 2.96. The first kappa shape index (κ1) is 13.0. The topological polar surface area (TPSA) is 71.1 Å². The molecule has 0 aliphatic carbocycles. The molecule has 0 radical (unpaired) electrons. The molecule has 96 valence electrons. The van der Waals surface area contributed by atoms with Gasteiger partial charge in [0.1, 0.15) is 5.69 Å². The molecular formula is C13H11N3O2S. The van der Waals surface area contributed by atoms with E-state index in [1.165, 1.54) is 23.6 Å². The number of nitrogens with zero attached hydrogens (tertiary/aromatic N) is 1. The van der Waals surface area contributed by atoms with Crippen LogP contribution in [0.4, 0.5) is 0 Å². The van der Waals surface area contributed by atoms with E-state index in [4.69, 9.17) is 0 Å². The lowest BCUT2D eigenvalue weighted by molar-refractivity contribution is -0.117. The number of pyridine rings is 1. The molecule has 0 saturated heterocycles. The molecule has 0 aliphatic rings. The standard InChI is InChI=1S/C13H11N3O2S/c17-12(7-6-10-4-3-9-19-10)15-16-13(18)11-5-1-2-8-14-11/h1-9H,(H,15,17)(H,16,18)/b7-6+. The Hall–Kier alpha value is -2.47. The van der Waals surface area contributed by atoms with E-state index in [2.05, 4.69) is 15.8 Å². The maximum atomic E-state index is 11.6. The zero-order chi connectivity index (χ0) is 13.5. The minimum atomic E-state index is -0.460. The Morgan fingerprint density at radius 2 is 2.05 bits per heavy atom. The second-order valence-electron chi connectivity index (χ2n) is 3.51. The van der Waals surface area contributed by atoms with Gasteiger partial charge >= 0.3 is 0 Å². The minimum absolute atomic E-state index is 0.241. The van der Waals surface area contributed by atoms with Gasteiger partial charge in [-0.05, 0) is 29.7 Å². The van der Waals surface area contributed by atoms with Crippen molar-refractivity contribution >= 4 is 29.2 Å². The van der Waals surface area contributed by atoms with Crippen LogP contribution in [-0.2, 0) is 4.79 Å². The zero-order valence-corrected chi connectivity index (χ0v) is 10.7. The summed E-state index contributed by atoms with van der Waals surface area (Å²) in [6.07, 6.45) is 4.53. The molecule has 2 N–H and O–H groups in total. The van der Waals surface area contributed by atoms with Crippen LogP contribution >= 0.6 is 11.3 Å². The molecule has 0 spiro atoms. The Kier molecular flexibility index (Phi) is 4.41. The molecule has 2 aromatic rings. The van der Waals surface area contributed by atoms with Crippen molar-refractivity contribution in [1.82, 2.24) is 15.8 Å². The fourth-order valence-electron chi connectivity index (χ4n) is 1.27. The lowest BCUT2D eigenvalue weighted by atomic mass is 10.3. The summed E-state index contributed by atoms with van der Waals surface area (Å²) < 4.78 is 0. The summed E-state index contributed by atoms with van der Waals surface area (Å²) in [7, 11) is 0. The van der Waals surface area contributed by atoms with Crippen LogP contribution in [0.3, 0.4) is 0 Å². The number of hydrogen-bond donors (Lipinski definition) is 2. The van der Waals surface area contributed by atoms with Gasteiger partial charge in [0.25, 0.3) is 11.8 Å². The van der Waals surface area contributed by atoms with E-state index < -0.39 is 11.8 Å². The van der Waals surface area contributed by atoms with E-state index in [1.807, 2.05) is 17.5 Å². The minimum Gasteiger partial charge on any atom is -0.268 e. The van der Waals surface area contributed by atoms with Crippen LogP contribution < -0.4 is 10.9 Å². The maximum absolute atomic E-state index is 11.6. The van der Waals surface area contributed by atoms with E-state index in [9.17, 15) is 9.59 Å². The van der Waals surface area contributed by atoms with Crippen LogP contribution in [0.5, 0.6) is 0 Å². The highest BCUT2D eigenvalue weighted by molar-refractivity contribution is 7.10. The summed E-state index contributed by atoms with van der Waals surface area (Å²) >= 11 is 1.52. The third-order valence-corrected chi connectivity index (χ3v) is 2.98. The van der Waals surface area contributed by atoms with Crippen LogP contribution in [0.1, 0.15) is 15.4 Å². The highest BCUT2D eigenvalue weighted by Crippen LogP contribution is 2.09. The van der Waals surface area contributed by atoms with Crippen LogP contribution in [-0.4, -0.2) is 16.8 Å². The molecule has 2 amide bonds. The van der Waals surface area contributed by atoms with Crippen LogP contribution in [0.25, 0.3) is 6.08 Å². The molecule has 5 nitrogen and oxygen atoms in total. The molecule has 2 rings (SSSR count). The number of hydrazine groups is 1. The van der Waals surface area contributed by atoms with Gasteiger partial charge in [-0.2, -0.15) is 0 Å². The van der Waals surface area contributed by atoms with Crippen LogP contribution in [0, 0.1) is 0 Å². The first-order valence-electron chi connectivity index (χ1n) is 5.48. The summed E-state index contributed by atoms with van der Waals surface area (Å²) in [6, 6.07) is 8.74. The Balaban J connectivity index is 1.82.